The molecule has 4 amide bonds. The predicted molar refractivity (Wildman–Crippen MR) is 183 cm³/mol. The Kier molecular flexibility index (Phi) is 10.3. The summed E-state index contributed by atoms with van der Waals surface area (Å²) in [7, 11) is -3.52. The van der Waals surface area contributed by atoms with Gasteiger partial charge in [-0.05, 0) is 73.9 Å². The average Bonchev–Trinajstić information content (AvgIpc) is 4.00. The van der Waals surface area contributed by atoms with Crippen LogP contribution >= 0.6 is 0 Å². The van der Waals surface area contributed by atoms with Crippen molar-refractivity contribution in [2.24, 2.45) is 17.8 Å². The van der Waals surface area contributed by atoms with Gasteiger partial charge in [0.15, 0.2) is 16.3 Å². The molecule has 6 rings (SSSR count). The molecule has 3 heterocycles. The Bertz CT molecular complexity index is 1940. The van der Waals surface area contributed by atoms with Crippen molar-refractivity contribution >= 4 is 44.6 Å². The number of allylic oxidation sites excluding steroid dienone is 1. The molecule has 0 radical (unpaired) electrons. The monoisotopic (exact) mass is 765 g/mol. The maximum absolute atomic E-state index is 14.8. The Morgan fingerprint density at radius 1 is 1.17 bits per heavy atom. The first kappa shape index (κ1) is 38.1. The van der Waals surface area contributed by atoms with Gasteiger partial charge in [0.1, 0.15) is 23.7 Å². The summed E-state index contributed by atoms with van der Waals surface area (Å²) in [5.74, 6) is -4.64. The van der Waals surface area contributed by atoms with Crippen LogP contribution in [0.2, 0.25) is 0 Å². The summed E-state index contributed by atoms with van der Waals surface area (Å²) in [6.07, 6.45) is 0.0133. The topological polar surface area (TPSA) is 193 Å². The highest BCUT2D eigenvalue weighted by molar-refractivity contribution is 7.91. The van der Waals surface area contributed by atoms with Crippen molar-refractivity contribution in [1.82, 2.24) is 25.2 Å². The third-order valence-electron chi connectivity index (χ3n) is 10.9. The molecular weight excluding hydrogens is 723 g/mol. The van der Waals surface area contributed by atoms with Gasteiger partial charge in [0.05, 0.1) is 13.7 Å². The number of rotatable bonds is 8. The van der Waals surface area contributed by atoms with E-state index in [0.29, 0.717) is 24.6 Å². The summed E-state index contributed by atoms with van der Waals surface area (Å²) in [6, 6.07) is 1.62. The molecule has 4 N–H and O–H groups in total. The molecule has 1 aromatic heterocycles. The van der Waals surface area contributed by atoms with Crippen LogP contribution < -0.4 is 24.8 Å². The number of carboxylic acid groups (broad SMARTS) is 1. The lowest BCUT2D eigenvalue weighted by atomic mass is 9.88. The van der Waals surface area contributed by atoms with Crippen LogP contribution in [0.3, 0.4) is 0 Å². The van der Waals surface area contributed by atoms with Crippen molar-refractivity contribution in [3.63, 3.8) is 0 Å². The molecule has 3 fully saturated rings. The fourth-order valence-electron chi connectivity index (χ4n) is 7.55. The van der Waals surface area contributed by atoms with Crippen LogP contribution in [0.4, 0.5) is 18.0 Å². The van der Waals surface area contributed by atoms with Gasteiger partial charge < -0.3 is 30.1 Å². The number of aromatic nitrogens is 1. The molecule has 0 spiro atoms. The van der Waals surface area contributed by atoms with E-state index < -0.39 is 86.4 Å². The molecule has 288 valence electrons. The van der Waals surface area contributed by atoms with Gasteiger partial charge in [-0.3, -0.25) is 19.1 Å². The van der Waals surface area contributed by atoms with Gasteiger partial charge in [-0.1, -0.05) is 26.0 Å². The molecular formula is C35H42F3N5O9S. The van der Waals surface area contributed by atoms with Crippen LogP contribution in [-0.4, -0.2) is 95.8 Å². The lowest BCUT2D eigenvalue weighted by Gasteiger charge is -2.32. The lowest BCUT2D eigenvalue weighted by Crippen LogP contribution is -2.59. The number of nitrogens with zero attached hydrogens (tertiary/aromatic N) is 2. The lowest BCUT2D eigenvalue weighted by molar-refractivity contribution is -0.142. The minimum Gasteiger partial charge on any atom is -0.494 e. The van der Waals surface area contributed by atoms with E-state index in [1.807, 2.05) is 11.6 Å². The van der Waals surface area contributed by atoms with E-state index in [4.69, 9.17) is 9.47 Å². The van der Waals surface area contributed by atoms with Crippen LogP contribution in [0.5, 0.6) is 11.6 Å². The first-order valence-electron chi connectivity index (χ1n) is 17.4. The van der Waals surface area contributed by atoms with E-state index in [9.17, 15) is 45.9 Å². The Morgan fingerprint density at radius 2 is 1.91 bits per heavy atom. The van der Waals surface area contributed by atoms with Crippen molar-refractivity contribution in [2.75, 3.05) is 13.7 Å². The van der Waals surface area contributed by atoms with Crippen LogP contribution in [0, 0.1) is 23.6 Å². The molecule has 7 atom stereocenters. The first-order chi connectivity index (χ1) is 25.0. The van der Waals surface area contributed by atoms with E-state index in [-0.39, 0.29) is 55.2 Å². The number of benzene rings is 1. The van der Waals surface area contributed by atoms with Crippen molar-refractivity contribution < 1.29 is 55.3 Å². The molecule has 2 aliphatic heterocycles. The number of sulfonamides is 1. The molecule has 2 aromatic rings. The minimum absolute atomic E-state index is 0.00598. The maximum atomic E-state index is 14.8. The number of pyridine rings is 1. The average molecular weight is 766 g/mol. The van der Waals surface area contributed by atoms with Crippen molar-refractivity contribution in [1.29, 1.82) is 0 Å². The number of hydrogen-bond donors (Lipinski definition) is 4. The second-order valence-electron chi connectivity index (χ2n) is 14.6. The fourth-order valence-corrected chi connectivity index (χ4v) is 9.05. The third-order valence-corrected chi connectivity index (χ3v) is 13.0. The van der Waals surface area contributed by atoms with Crippen LogP contribution in [0.1, 0.15) is 58.8 Å². The Hall–Kier alpha value is -4.61. The Morgan fingerprint density at radius 3 is 2.57 bits per heavy atom. The van der Waals surface area contributed by atoms with E-state index >= 15 is 0 Å². The molecule has 1 saturated heterocycles. The van der Waals surface area contributed by atoms with Gasteiger partial charge >= 0.3 is 6.09 Å². The number of alkyl halides is 2. The van der Waals surface area contributed by atoms with Gasteiger partial charge in [-0.2, -0.15) is 0 Å². The van der Waals surface area contributed by atoms with Crippen LogP contribution in [0.25, 0.3) is 10.8 Å². The summed E-state index contributed by atoms with van der Waals surface area (Å²) in [5.41, 5.74) is -1.84. The van der Waals surface area contributed by atoms with Crippen molar-refractivity contribution in [3.05, 3.63) is 42.4 Å². The van der Waals surface area contributed by atoms with E-state index in [2.05, 4.69) is 15.6 Å². The molecule has 18 heteroatoms. The number of carbonyl (C=O) groups excluding carboxylic acids is 3. The first-order valence-corrected chi connectivity index (χ1v) is 18.9. The number of amides is 4. The number of methoxy groups -OCH3 is 1. The SMILES string of the molecule is COc1cc2ccnc(O[C@@H]3C[C@H]4C(=O)N[C@]5(C(=O)NS(=O)(=O)C6(C(F)F)CC6)C[C@H]5C=CCC[C@H](C)C[C@@H](C)[C@H](NC(=O)O)C(=O)N4C3)c2cc1F. The number of ether oxygens (including phenoxy) is 2. The van der Waals surface area contributed by atoms with E-state index in [0.717, 1.165) is 4.90 Å². The predicted octanol–water partition coefficient (Wildman–Crippen LogP) is 3.50. The van der Waals surface area contributed by atoms with Crippen LogP contribution in [-0.2, 0) is 24.4 Å². The molecule has 4 aliphatic rings. The highest BCUT2D eigenvalue weighted by Crippen LogP contribution is 2.50. The van der Waals surface area contributed by atoms with E-state index in [1.165, 1.54) is 25.4 Å². The standard InChI is InChI=1S/C35H42F3N5O9S/c1-18-6-4-5-7-21-16-35(21,32(46)42-53(49,50)34(9-10-34)31(37)38)41-28(44)25-14-22(17-43(25)30(45)27(19(2)12-18)40-33(47)48)52-29-23-15-24(36)26(51-3)13-20(23)8-11-39-29/h5,7-8,11,13,15,18-19,21-22,25,27,31,40H,4,6,9-10,12,14,16-17H2,1-3H3,(H,41,44)(H,42,46)(H,47,48)/t18-,19+,21+,22+,25-,27-,35+/m0/s1. The highest BCUT2D eigenvalue weighted by atomic mass is 32.2. The summed E-state index contributed by atoms with van der Waals surface area (Å²) < 4.78 is 79.1. The third kappa shape index (κ3) is 7.33. The molecule has 14 nitrogen and oxygen atoms in total. The number of carbonyl (C=O) groups is 4. The van der Waals surface area contributed by atoms with Crippen LogP contribution in [0.15, 0.2) is 36.5 Å². The fraction of sp³-hybridized carbons (Fsp3) is 0.571. The Balaban J connectivity index is 1.34. The summed E-state index contributed by atoms with van der Waals surface area (Å²) in [4.78, 5) is 59.6. The van der Waals surface area contributed by atoms with Gasteiger partial charge in [-0.15, -0.1) is 0 Å². The smallest absolute Gasteiger partial charge is 0.405 e. The number of fused-ring (bicyclic) bond motifs is 3. The second-order valence-corrected chi connectivity index (χ2v) is 16.7. The normalized spacial score (nSPS) is 30.0. The number of nitrogens with one attached hydrogen (secondary N) is 3. The molecule has 1 aromatic carbocycles. The molecule has 53 heavy (non-hydrogen) atoms. The van der Waals surface area contributed by atoms with Gasteiger partial charge in [-0.25, -0.2) is 31.4 Å². The van der Waals surface area contributed by atoms with E-state index in [1.54, 1.807) is 25.1 Å². The zero-order valence-corrected chi connectivity index (χ0v) is 30.1. The Labute approximate surface area is 303 Å². The second kappa shape index (κ2) is 14.3. The number of halogens is 3. The summed E-state index contributed by atoms with van der Waals surface area (Å²) in [5, 5.41) is 15.5. The summed E-state index contributed by atoms with van der Waals surface area (Å²) >= 11 is 0. The van der Waals surface area contributed by atoms with Gasteiger partial charge in [0.25, 0.3) is 12.3 Å². The molecule has 0 bridgehead atoms. The van der Waals surface area contributed by atoms with Crippen molar-refractivity contribution in [2.45, 2.75) is 93.7 Å². The quantitative estimate of drug-likeness (QED) is 0.289. The van der Waals surface area contributed by atoms with Crippen molar-refractivity contribution in [3.8, 4) is 11.6 Å². The maximum Gasteiger partial charge on any atom is 0.405 e. The minimum atomic E-state index is -4.83. The molecule has 0 unspecified atom stereocenters. The zero-order valence-electron chi connectivity index (χ0n) is 29.3. The highest BCUT2D eigenvalue weighted by Gasteiger charge is 2.66. The molecule has 2 saturated carbocycles. The molecule has 2 aliphatic carbocycles. The summed E-state index contributed by atoms with van der Waals surface area (Å²) in [6.45, 7) is 3.44. The zero-order chi connectivity index (χ0) is 38.5. The largest absolute Gasteiger partial charge is 0.494 e. The van der Waals surface area contributed by atoms with Gasteiger partial charge in [0.2, 0.25) is 27.7 Å². The number of hydrogen-bond acceptors (Lipinski definition) is 9. The van der Waals surface area contributed by atoms with Gasteiger partial charge in [0, 0.05) is 23.9 Å².